The zero-order chi connectivity index (χ0) is 11.8. The van der Waals surface area contributed by atoms with Crippen molar-refractivity contribution in [2.45, 2.75) is 0 Å². The Morgan fingerprint density at radius 2 is 2.13 bits per heavy atom. The Morgan fingerprint density at radius 3 is 2.53 bits per heavy atom. The van der Waals surface area contributed by atoms with Crippen molar-refractivity contribution in [1.82, 2.24) is 4.98 Å². The highest BCUT2D eigenvalue weighted by Gasteiger charge is 2.17. The Morgan fingerprint density at radius 1 is 1.60 bits per heavy atom. The first-order chi connectivity index (χ1) is 6.73. The predicted molar refractivity (Wildman–Crippen MR) is 56.9 cm³/mol. The lowest BCUT2D eigenvalue weighted by Gasteiger charge is -2.16. The number of hydrogen-bond donors (Lipinski definition) is 1. The maximum Gasteiger partial charge on any atom is 0.233 e. The molecule has 0 aliphatic carbocycles. The van der Waals surface area contributed by atoms with Crippen molar-refractivity contribution in [3.8, 4) is 0 Å². The van der Waals surface area contributed by atoms with Crippen molar-refractivity contribution in [3.05, 3.63) is 17.0 Å². The van der Waals surface area contributed by atoms with Gasteiger partial charge in [-0.25, -0.2) is 17.8 Å². The van der Waals surface area contributed by atoms with E-state index in [0.29, 0.717) is 0 Å². The molecule has 2 N–H and O–H groups in total. The van der Waals surface area contributed by atoms with E-state index >= 15 is 0 Å². The predicted octanol–water partition coefficient (Wildman–Crippen LogP) is 0.852. The van der Waals surface area contributed by atoms with Gasteiger partial charge < -0.3 is 5.73 Å². The summed E-state index contributed by atoms with van der Waals surface area (Å²) < 4.78 is 36.1. The first-order valence-corrected chi connectivity index (χ1v) is 6.01. The normalized spacial score (nSPS) is 11.5. The Labute approximate surface area is 91.7 Å². The summed E-state index contributed by atoms with van der Waals surface area (Å²) in [6.07, 6.45) is 0.988. The van der Waals surface area contributed by atoms with E-state index in [4.69, 9.17) is 17.3 Å². The van der Waals surface area contributed by atoms with Crippen LogP contribution in [0, 0.1) is 5.82 Å². The van der Waals surface area contributed by atoms with Gasteiger partial charge in [0.2, 0.25) is 10.0 Å². The smallest absolute Gasteiger partial charge is 0.233 e. The van der Waals surface area contributed by atoms with Crippen LogP contribution in [0.15, 0.2) is 6.07 Å². The van der Waals surface area contributed by atoms with Gasteiger partial charge in [-0.1, -0.05) is 11.6 Å². The van der Waals surface area contributed by atoms with E-state index in [1.54, 1.807) is 0 Å². The van der Waals surface area contributed by atoms with Gasteiger partial charge >= 0.3 is 0 Å². The second-order valence-electron chi connectivity index (χ2n) is 2.90. The van der Waals surface area contributed by atoms with Gasteiger partial charge in [-0.2, -0.15) is 0 Å². The van der Waals surface area contributed by atoms with Gasteiger partial charge in [0, 0.05) is 13.1 Å². The molecule has 0 radical (unpaired) electrons. The summed E-state index contributed by atoms with van der Waals surface area (Å²) in [5.74, 6) is -0.885. The van der Waals surface area contributed by atoms with Gasteiger partial charge in [-0.15, -0.1) is 0 Å². The molecular weight excluding hydrogens is 245 g/mol. The lowest BCUT2D eigenvalue weighted by atomic mass is 10.4. The molecule has 1 rings (SSSR count). The van der Waals surface area contributed by atoms with Crippen LogP contribution in [-0.4, -0.2) is 26.7 Å². The van der Waals surface area contributed by atoms with Crippen molar-refractivity contribution in [2.75, 3.05) is 23.3 Å². The summed E-state index contributed by atoms with van der Waals surface area (Å²) in [5.41, 5.74) is 5.03. The fraction of sp³-hybridized carbons (Fsp3) is 0.286. The van der Waals surface area contributed by atoms with Crippen molar-refractivity contribution in [2.24, 2.45) is 0 Å². The average Bonchev–Trinajstić information content (AvgIpc) is 2.10. The molecule has 1 heterocycles. The number of nitrogen functional groups attached to an aromatic ring is 1. The molecule has 1 aromatic heterocycles. The first kappa shape index (κ1) is 12.0. The summed E-state index contributed by atoms with van der Waals surface area (Å²) in [6.45, 7) is 0. The fourth-order valence-electron chi connectivity index (χ4n) is 0.835. The second kappa shape index (κ2) is 3.82. The quantitative estimate of drug-likeness (QED) is 0.793. The number of sulfonamides is 1. The van der Waals surface area contributed by atoms with E-state index in [2.05, 4.69) is 4.98 Å². The zero-order valence-corrected chi connectivity index (χ0v) is 9.60. The van der Waals surface area contributed by atoms with Crippen molar-refractivity contribution in [3.63, 3.8) is 0 Å². The highest BCUT2D eigenvalue weighted by atomic mass is 35.5. The molecular formula is C7H9ClFN3O2S. The van der Waals surface area contributed by atoms with Crippen LogP contribution in [0.1, 0.15) is 0 Å². The molecule has 0 aliphatic rings. The number of pyridine rings is 1. The van der Waals surface area contributed by atoms with Gasteiger partial charge in [0.15, 0.2) is 11.0 Å². The third-order valence-electron chi connectivity index (χ3n) is 1.75. The molecule has 0 saturated carbocycles. The van der Waals surface area contributed by atoms with Gasteiger partial charge in [-0.3, -0.25) is 4.31 Å². The maximum atomic E-state index is 13.0. The second-order valence-corrected chi connectivity index (χ2v) is 5.28. The molecule has 0 aliphatic heterocycles. The molecule has 5 nitrogen and oxygen atoms in total. The zero-order valence-electron chi connectivity index (χ0n) is 8.03. The SMILES string of the molecule is CN(c1cc(N)c(F)c(Cl)n1)S(C)(=O)=O. The number of anilines is 2. The molecule has 0 unspecified atom stereocenters. The van der Waals surface area contributed by atoms with Crippen molar-refractivity contribution >= 4 is 33.1 Å². The van der Waals surface area contributed by atoms with Crippen LogP contribution in [-0.2, 0) is 10.0 Å². The minimum Gasteiger partial charge on any atom is -0.396 e. The van der Waals surface area contributed by atoms with Gasteiger partial charge in [0.1, 0.15) is 5.82 Å². The van der Waals surface area contributed by atoms with E-state index < -0.39 is 21.0 Å². The van der Waals surface area contributed by atoms with Crippen LogP contribution in [0.4, 0.5) is 15.9 Å². The minimum absolute atomic E-state index is 0.0265. The van der Waals surface area contributed by atoms with Gasteiger partial charge in [0.05, 0.1) is 11.9 Å². The van der Waals surface area contributed by atoms with Crippen LogP contribution < -0.4 is 10.0 Å². The molecule has 8 heteroatoms. The molecule has 0 fully saturated rings. The number of halogens is 2. The molecule has 1 aromatic rings. The lowest BCUT2D eigenvalue weighted by Crippen LogP contribution is -2.26. The van der Waals surface area contributed by atoms with Crippen LogP contribution in [0.3, 0.4) is 0 Å². The molecule has 0 spiro atoms. The highest BCUT2D eigenvalue weighted by Crippen LogP contribution is 2.24. The number of nitrogens with two attached hydrogens (primary N) is 1. The summed E-state index contributed by atoms with van der Waals surface area (Å²) in [4.78, 5) is 3.56. The summed E-state index contributed by atoms with van der Waals surface area (Å²) >= 11 is 5.43. The molecule has 15 heavy (non-hydrogen) atoms. The minimum atomic E-state index is -3.47. The standard InChI is InChI=1S/C7H9ClFN3O2S/c1-12(15(2,13)14)5-3-4(10)6(9)7(8)11-5/h3H,1-2H3,(H2,10,11). The number of nitrogens with zero attached hydrogens (tertiary/aromatic N) is 2. The summed E-state index contributed by atoms with van der Waals surface area (Å²) in [6, 6.07) is 1.10. The summed E-state index contributed by atoms with van der Waals surface area (Å²) in [7, 11) is -2.20. The Hall–Kier alpha value is -1.08. The summed E-state index contributed by atoms with van der Waals surface area (Å²) in [5, 5.41) is -0.458. The van der Waals surface area contributed by atoms with Crippen LogP contribution in [0.5, 0.6) is 0 Å². The highest BCUT2D eigenvalue weighted by molar-refractivity contribution is 7.92. The van der Waals surface area contributed by atoms with E-state index in [1.807, 2.05) is 0 Å². The monoisotopic (exact) mass is 253 g/mol. The van der Waals surface area contributed by atoms with E-state index in [9.17, 15) is 12.8 Å². The Balaban J connectivity index is 3.29. The fourth-order valence-corrected chi connectivity index (χ4v) is 1.46. The van der Waals surface area contributed by atoms with E-state index in [1.165, 1.54) is 7.05 Å². The van der Waals surface area contributed by atoms with Crippen molar-refractivity contribution in [1.29, 1.82) is 0 Å². The number of rotatable bonds is 2. The topological polar surface area (TPSA) is 76.3 Å². The van der Waals surface area contributed by atoms with Gasteiger partial charge in [-0.05, 0) is 0 Å². The Bertz CT molecular complexity index is 468. The lowest BCUT2D eigenvalue weighted by molar-refractivity contribution is 0.599. The third-order valence-corrected chi connectivity index (χ3v) is 3.18. The van der Waals surface area contributed by atoms with E-state index in [-0.39, 0.29) is 11.5 Å². The molecule has 84 valence electrons. The molecule has 0 saturated heterocycles. The molecule has 0 atom stereocenters. The van der Waals surface area contributed by atoms with Gasteiger partial charge in [0.25, 0.3) is 0 Å². The number of hydrogen-bond acceptors (Lipinski definition) is 4. The number of aromatic nitrogens is 1. The van der Waals surface area contributed by atoms with E-state index in [0.717, 1.165) is 16.6 Å². The molecule has 0 aromatic carbocycles. The molecule has 0 bridgehead atoms. The van der Waals surface area contributed by atoms with Crippen molar-refractivity contribution < 1.29 is 12.8 Å². The van der Waals surface area contributed by atoms with Crippen LogP contribution >= 0.6 is 11.6 Å². The largest absolute Gasteiger partial charge is 0.396 e. The Kier molecular flexibility index (Phi) is 3.05. The van der Waals surface area contributed by atoms with Crippen LogP contribution in [0.25, 0.3) is 0 Å². The molecule has 0 amide bonds. The van der Waals surface area contributed by atoms with Crippen LogP contribution in [0.2, 0.25) is 5.15 Å². The first-order valence-electron chi connectivity index (χ1n) is 3.79. The average molecular weight is 254 g/mol. The maximum absolute atomic E-state index is 13.0. The third kappa shape index (κ3) is 2.48.